The molecule has 0 atom stereocenters. The highest BCUT2D eigenvalue weighted by molar-refractivity contribution is 7.92. The fourth-order valence-corrected chi connectivity index (χ4v) is 3.92. The van der Waals surface area contributed by atoms with Gasteiger partial charge in [-0.3, -0.25) is 4.79 Å². The SMILES string of the molecule is CC(C)CS(=O)(=O)CC(=O)NCCCN1CCNCC1.Cl. The zero-order valence-corrected chi connectivity index (χ0v) is 14.6. The molecule has 2 N–H and O–H groups in total. The van der Waals surface area contributed by atoms with Crippen molar-refractivity contribution in [2.75, 3.05) is 50.8 Å². The highest BCUT2D eigenvalue weighted by Gasteiger charge is 2.17. The lowest BCUT2D eigenvalue weighted by molar-refractivity contribution is -0.118. The quantitative estimate of drug-likeness (QED) is 0.602. The summed E-state index contributed by atoms with van der Waals surface area (Å²) in [5.74, 6) is -0.647. The van der Waals surface area contributed by atoms with Gasteiger partial charge in [-0.25, -0.2) is 8.42 Å². The van der Waals surface area contributed by atoms with E-state index in [1.165, 1.54) is 0 Å². The molecule has 0 saturated carbocycles. The van der Waals surface area contributed by atoms with Crippen LogP contribution in [0.5, 0.6) is 0 Å². The molecule has 1 amide bonds. The Hall–Kier alpha value is -0.370. The van der Waals surface area contributed by atoms with E-state index in [0.717, 1.165) is 39.1 Å². The molecule has 1 aliphatic rings. The molecular formula is C13H28ClN3O3S. The summed E-state index contributed by atoms with van der Waals surface area (Å²) in [5, 5.41) is 5.98. The van der Waals surface area contributed by atoms with Gasteiger partial charge in [-0.2, -0.15) is 0 Å². The van der Waals surface area contributed by atoms with Crippen LogP contribution in [0.25, 0.3) is 0 Å². The Kier molecular flexibility index (Phi) is 10.2. The Morgan fingerprint density at radius 2 is 1.90 bits per heavy atom. The molecule has 1 saturated heterocycles. The molecule has 21 heavy (non-hydrogen) atoms. The van der Waals surface area contributed by atoms with E-state index in [0.29, 0.717) is 6.54 Å². The molecule has 1 aliphatic heterocycles. The second kappa shape index (κ2) is 10.4. The first-order valence-corrected chi connectivity index (χ1v) is 9.11. The van der Waals surface area contributed by atoms with Gasteiger partial charge in [0.15, 0.2) is 9.84 Å². The van der Waals surface area contributed by atoms with E-state index in [2.05, 4.69) is 15.5 Å². The van der Waals surface area contributed by atoms with Gasteiger partial charge >= 0.3 is 0 Å². The third-order valence-corrected chi connectivity index (χ3v) is 5.00. The third kappa shape index (κ3) is 10.1. The van der Waals surface area contributed by atoms with Crippen molar-refractivity contribution in [2.24, 2.45) is 5.92 Å². The van der Waals surface area contributed by atoms with Crippen LogP contribution in [0.1, 0.15) is 20.3 Å². The van der Waals surface area contributed by atoms with Crippen LogP contribution in [0.4, 0.5) is 0 Å². The van der Waals surface area contributed by atoms with Crippen LogP contribution >= 0.6 is 12.4 Å². The Morgan fingerprint density at radius 1 is 1.29 bits per heavy atom. The predicted octanol–water partition coefficient (Wildman–Crippen LogP) is -0.109. The van der Waals surface area contributed by atoms with Crippen LogP contribution in [0, 0.1) is 5.92 Å². The predicted molar refractivity (Wildman–Crippen MR) is 87.7 cm³/mol. The summed E-state index contributed by atoms with van der Waals surface area (Å²) in [6, 6.07) is 0. The summed E-state index contributed by atoms with van der Waals surface area (Å²) >= 11 is 0. The largest absolute Gasteiger partial charge is 0.355 e. The van der Waals surface area contributed by atoms with Crippen molar-refractivity contribution >= 4 is 28.2 Å². The second-order valence-electron chi connectivity index (χ2n) is 5.74. The van der Waals surface area contributed by atoms with Crippen LogP contribution in [0.3, 0.4) is 0 Å². The van der Waals surface area contributed by atoms with Crippen molar-refractivity contribution in [2.45, 2.75) is 20.3 Å². The van der Waals surface area contributed by atoms with Gasteiger partial charge < -0.3 is 15.5 Å². The number of rotatable bonds is 8. The zero-order valence-electron chi connectivity index (χ0n) is 12.9. The highest BCUT2D eigenvalue weighted by Crippen LogP contribution is 2.00. The van der Waals surface area contributed by atoms with Crippen molar-refractivity contribution in [1.82, 2.24) is 15.5 Å². The van der Waals surface area contributed by atoms with Gasteiger partial charge in [0.25, 0.3) is 0 Å². The van der Waals surface area contributed by atoms with Crippen molar-refractivity contribution in [1.29, 1.82) is 0 Å². The maximum absolute atomic E-state index is 11.7. The minimum absolute atomic E-state index is 0. The summed E-state index contributed by atoms with van der Waals surface area (Å²) in [7, 11) is -3.27. The Morgan fingerprint density at radius 3 is 2.48 bits per heavy atom. The van der Waals surface area contributed by atoms with Gasteiger partial charge in [-0.15, -0.1) is 12.4 Å². The molecule has 0 aromatic carbocycles. The lowest BCUT2D eigenvalue weighted by Gasteiger charge is -2.27. The van der Waals surface area contributed by atoms with Gasteiger partial charge in [0.1, 0.15) is 5.75 Å². The van der Waals surface area contributed by atoms with Crippen LogP contribution in [-0.2, 0) is 14.6 Å². The number of hydrogen-bond acceptors (Lipinski definition) is 5. The second-order valence-corrected chi connectivity index (χ2v) is 7.85. The Bertz CT molecular complexity index is 395. The molecule has 0 radical (unpaired) electrons. The number of hydrogen-bond donors (Lipinski definition) is 2. The first-order valence-electron chi connectivity index (χ1n) is 7.29. The molecule has 0 bridgehead atoms. The molecule has 0 aromatic heterocycles. The average Bonchev–Trinajstić information content (AvgIpc) is 2.33. The fraction of sp³-hybridized carbons (Fsp3) is 0.923. The monoisotopic (exact) mass is 341 g/mol. The van der Waals surface area contributed by atoms with Crippen molar-refractivity contribution in [3.63, 3.8) is 0 Å². The fourth-order valence-electron chi connectivity index (χ4n) is 2.28. The highest BCUT2D eigenvalue weighted by atomic mass is 35.5. The topological polar surface area (TPSA) is 78.5 Å². The number of carbonyl (C=O) groups is 1. The third-order valence-electron chi connectivity index (χ3n) is 3.12. The van der Waals surface area contributed by atoms with Gasteiger partial charge in [-0.1, -0.05) is 13.8 Å². The van der Waals surface area contributed by atoms with Gasteiger partial charge in [-0.05, 0) is 18.9 Å². The maximum atomic E-state index is 11.7. The Labute approximate surface area is 134 Å². The van der Waals surface area contributed by atoms with Crippen LogP contribution in [0.15, 0.2) is 0 Å². The molecule has 1 heterocycles. The molecule has 0 aromatic rings. The van der Waals surface area contributed by atoms with E-state index in [9.17, 15) is 13.2 Å². The molecule has 6 nitrogen and oxygen atoms in total. The van der Waals surface area contributed by atoms with E-state index in [-0.39, 0.29) is 30.0 Å². The van der Waals surface area contributed by atoms with E-state index < -0.39 is 15.6 Å². The number of nitrogens with zero attached hydrogens (tertiary/aromatic N) is 1. The lowest BCUT2D eigenvalue weighted by Crippen LogP contribution is -2.44. The summed E-state index contributed by atoms with van der Waals surface area (Å²) < 4.78 is 23.3. The molecule has 0 spiro atoms. The van der Waals surface area contributed by atoms with Gasteiger partial charge in [0, 0.05) is 32.7 Å². The number of carbonyl (C=O) groups excluding carboxylic acids is 1. The van der Waals surface area contributed by atoms with Gasteiger partial charge in [0.2, 0.25) is 5.91 Å². The molecule has 126 valence electrons. The summed E-state index contributed by atoms with van der Waals surface area (Å²) in [6.45, 7) is 9.26. The van der Waals surface area contributed by atoms with Crippen molar-refractivity contribution in [3.05, 3.63) is 0 Å². The molecule has 0 unspecified atom stereocenters. The van der Waals surface area contributed by atoms with Gasteiger partial charge in [0.05, 0.1) is 5.75 Å². The standard InChI is InChI=1S/C13H27N3O3S.ClH/c1-12(2)10-20(18,19)11-13(17)15-4-3-7-16-8-5-14-6-9-16;/h12,14H,3-11H2,1-2H3,(H,15,17);1H. The normalized spacial score (nSPS) is 16.5. The zero-order chi connectivity index (χ0) is 15.0. The van der Waals surface area contributed by atoms with E-state index in [1.54, 1.807) is 0 Å². The van der Waals surface area contributed by atoms with E-state index >= 15 is 0 Å². The average molecular weight is 342 g/mol. The molecule has 1 fully saturated rings. The van der Waals surface area contributed by atoms with Crippen LogP contribution < -0.4 is 10.6 Å². The van der Waals surface area contributed by atoms with Crippen LogP contribution in [-0.4, -0.2) is 70.0 Å². The first kappa shape index (κ1) is 20.6. The molecule has 8 heteroatoms. The minimum atomic E-state index is -3.27. The van der Waals surface area contributed by atoms with E-state index in [1.807, 2.05) is 13.8 Å². The summed E-state index contributed by atoms with van der Waals surface area (Å²) in [5.41, 5.74) is 0. The molecule has 1 rings (SSSR count). The van der Waals surface area contributed by atoms with Crippen molar-refractivity contribution < 1.29 is 13.2 Å². The number of nitrogens with one attached hydrogen (secondary N) is 2. The van der Waals surface area contributed by atoms with E-state index in [4.69, 9.17) is 0 Å². The summed E-state index contributed by atoms with van der Waals surface area (Å²) in [4.78, 5) is 13.9. The minimum Gasteiger partial charge on any atom is -0.355 e. The number of amides is 1. The summed E-state index contributed by atoms with van der Waals surface area (Å²) in [6.07, 6.45) is 0.857. The Balaban J connectivity index is 0.00000400. The lowest BCUT2D eigenvalue weighted by atomic mass is 10.3. The molecule has 0 aliphatic carbocycles. The number of sulfone groups is 1. The number of halogens is 1. The molecular weight excluding hydrogens is 314 g/mol. The smallest absolute Gasteiger partial charge is 0.235 e. The number of piperazine rings is 1. The maximum Gasteiger partial charge on any atom is 0.235 e. The first-order chi connectivity index (χ1) is 9.39. The van der Waals surface area contributed by atoms with Crippen LogP contribution in [0.2, 0.25) is 0 Å². The van der Waals surface area contributed by atoms with Crippen molar-refractivity contribution in [3.8, 4) is 0 Å².